The molecule has 1 unspecified atom stereocenters. The maximum atomic E-state index is 13.9. The van der Waals surface area contributed by atoms with Crippen molar-refractivity contribution < 1.29 is 9.50 Å². The van der Waals surface area contributed by atoms with Gasteiger partial charge in [0.25, 0.3) is 0 Å². The molecule has 0 aromatic heterocycles. The van der Waals surface area contributed by atoms with Gasteiger partial charge in [0.05, 0.1) is 10.6 Å². The van der Waals surface area contributed by atoms with Crippen molar-refractivity contribution in [1.82, 2.24) is 0 Å². The van der Waals surface area contributed by atoms with Crippen LogP contribution >= 0.6 is 15.9 Å². The van der Waals surface area contributed by atoms with Gasteiger partial charge in [0.2, 0.25) is 0 Å². The third kappa shape index (κ3) is 3.08. The van der Waals surface area contributed by atoms with E-state index in [1.807, 2.05) is 0 Å². The van der Waals surface area contributed by atoms with Gasteiger partial charge in [0.1, 0.15) is 5.82 Å². The van der Waals surface area contributed by atoms with Gasteiger partial charge in [-0.1, -0.05) is 37.8 Å². The molecule has 1 fully saturated rings. The number of benzene rings is 1. The van der Waals surface area contributed by atoms with Crippen LogP contribution in [0.4, 0.5) is 4.39 Å². The van der Waals surface area contributed by atoms with Gasteiger partial charge in [-0.15, -0.1) is 0 Å². The standard InChI is InChI=1S/C14H18BrFO/c15-12-9-5-8-11(13(12)16)14(17)10-6-3-1-2-4-7-10/h5,8-10,14,17H,1-4,6-7H2. The summed E-state index contributed by atoms with van der Waals surface area (Å²) < 4.78 is 14.3. The van der Waals surface area contributed by atoms with E-state index in [4.69, 9.17) is 0 Å². The molecule has 0 aliphatic heterocycles. The smallest absolute Gasteiger partial charge is 0.143 e. The molecule has 2 rings (SSSR count). The van der Waals surface area contributed by atoms with Gasteiger partial charge in [-0.05, 0) is 40.8 Å². The minimum atomic E-state index is -0.661. The van der Waals surface area contributed by atoms with Gasteiger partial charge in [0.15, 0.2) is 0 Å². The second kappa shape index (κ2) is 5.96. The van der Waals surface area contributed by atoms with Crippen molar-refractivity contribution >= 4 is 15.9 Å². The number of halogens is 2. The molecule has 0 amide bonds. The number of aliphatic hydroxyl groups is 1. The van der Waals surface area contributed by atoms with Crippen molar-refractivity contribution in [3.8, 4) is 0 Å². The molecule has 3 heteroatoms. The predicted octanol–water partition coefficient (Wildman–Crippen LogP) is 4.59. The second-order valence-corrected chi connectivity index (χ2v) is 5.69. The van der Waals surface area contributed by atoms with Crippen molar-refractivity contribution in [3.63, 3.8) is 0 Å². The Morgan fingerprint density at radius 1 is 1.18 bits per heavy atom. The quantitative estimate of drug-likeness (QED) is 0.792. The average molecular weight is 301 g/mol. The molecule has 1 atom stereocenters. The number of hydrogen-bond acceptors (Lipinski definition) is 1. The van der Waals surface area contributed by atoms with Crippen LogP contribution in [0.25, 0.3) is 0 Å². The van der Waals surface area contributed by atoms with Crippen LogP contribution in [0.2, 0.25) is 0 Å². The highest BCUT2D eigenvalue weighted by molar-refractivity contribution is 9.10. The number of hydrogen-bond donors (Lipinski definition) is 1. The zero-order valence-electron chi connectivity index (χ0n) is 9.83. The third-order valence-electron chi connectivity index (χ3n) is 3.65. The van der Waals surface area contributed by atoms with Crippen LogP contribution in [0.15, 0.2) is 22.7 Å². The van der Waals surface area contributed by atoms with Crippen molar-refractivity contribution in [2.45, 2.75) is 44.6 Å². The lowest BCUT2D eigenvalue weighted by Gasteiger charge is -2.22. The Balaban J connectivity index is 2.17. The highest BCUT2D eigenvalue weighted by atomic mass is 79.9. The fraction of sp³-hybridized carbons (Fsp3) is 0.571. The molecular formula is C14H18BrFO. The zero-order chi connectivity index (χ0) is 12.3. The summed E-state index contributed by atoms with van der Waals surface area (Å²) in [4.78, 5) is 0. The maximum Gasteiger partial charge on any atom is 0.143 e. The van der Waals surface area contributed by atoms with E-state index >= 15 is 0 Å². The van der Waals surface area contributed by atoms with E-state index in [1.165, 1.54) is 12.8 Å². The van der Waals surface area contributed by atoms with E-state index in [2.05, 4.69) is 15.9 Å². The average Bonchev–Trinajstić information content (AvgIpc) is 2.60. The van der Waals surface area contributed by atoms with Crippen LogP contribution in [-0.4, -0.2) is 5.11 Å². The number of aliphatic hydroxyl groups excluding tert-OH is 1. The Bertz CT molecular complexity index is 372. The second-order valence-electron chi connectivity index (χ2n) is 4.84. The molecule has 0 saturated heterocycles. The van der Waals surface area contributed by atoms with E-state index in [-0.39, 0.29) is 11.7 Å². The van der Waals surface area contributed by atoms with Gasteiger partial charge in [-0.25, -0.2) is 4.39 Å². The van der Waals surface area contributed by atoms with Crippen LogP contribution < -0.4 is 0 Å². The SMILES string of the molecule is OC(c1cccc(Br)c1F)C1CCCCCC1. The van der Waals surface area contributed by atoms with Crippen LogP contribution in [0.3, 0.4) is 0 Å². The minimum absolute atomic E-state index is 0.210. The lowest BCUT2D eigenvalue weighted by Crippen LogP contribution is -2.13. The lowest BCUT2D eigenvalue weighted by molar-refractivity contribution is 0.0951. The molecule has 17 heavy (non-hydrogen) atoms. The largest absolute Gasteiger partial charge is 0.388 e. The normalized spacial score (nSPS) is 19.9. The minimum Gasteiger partial charge on any atom is -0.388 e. The fourth-order valence-corrected chi connectivity index (χ4v) is 3.01. The maximum absolute atomic E-state index is 13.9. The first-order valence-corrected chi connectivity index (χ1v) is 7.11. The summed E-state index contributed by atoms with van der Waals surface area (Å²) in [5, 5.41) is 10.3. The zero-order valence-corrected chi connectivity index (χ0v) is 11.4. The lowest BCUT2D eigenvalue weighted by atomic mass is 9.89. The van der Waals surface area contributed by atoms with E-state index in [0.29, 0.717) is 10.0 Å². The topological polar surface area (TPSA) is 20.2 Å². The number of rotatable bonds is 2. The van der Waals surface area contributed by atoms with Gasteiger partial charge in [-0.2, -0.15) is 0 Å². The first-order chi connectivity index (χ1) is 8.20. The summed E-state index contributed by atoms with van der Waals surface area (Å²) in [7, 11) is 0. The molecule has 1 nitrogen and oxygen atoms in total. The molecule has 94 valence electrons. The monoisotopic (exact) mass is 300 g/mol. The molecule has 1 aliphatic carbocycles. The first-order valence-electron chi connectivity index (χ1n) is 6.32. The van der Waals surface area contributed by atoms with E-state index in [1.54, 1.807) is 18.2 Å². The van der Waals surface area contributed by atoms with Crippen molar-refractivity contribution in [3.05, 3.63) is 34.1 Å². The molecule has 1 aliphatic rings. The summed E-state index contributed by atoms with van der Waals surface area (Å²) >= 11 is 3.17. The molecule has 0 bridgehead atoms. The highest BCUT2D eigenvalue weighted by Crippen LogP contribution is 2.35. The molecule has 0 heterocycles. The van der Waals surface area contributed by atoms with Crippen LogP contribution in [0, 0.1) is 11.7 Å². The Morgan fingerprint density at radius 2 is 1.82 bits per heavy atom. The Hall–Kier alpha value is -0.410. The molecule has 1 saturated carbocycles. The fourth-order valence-electron chi connectivity index (χ4n) is 2.63. The van der Waals surface area contributed by atoms with E-state index < -0.39 is 6.10 Å². The van der Waals surface area contributed by atoms with Crippen LogP contribution in [0.5, 0.6) is 0 Å². The van der Waals surface area contributed by atoms with Gasteiger partial charge in [0, 0.05) is 5.56 Å². The van der Waals surface area contributed by atoms with E-state index in [9.17, 15) is 9.50 Å². The van der Waals surface area contributed by atoms with Crippen molar-refractivity contribution in [1.29, 1.82) is 0 Å². The van der Waals surface area contributed by atoms with Crippen molar-refractivity contribution in [2.75, 3.05) is 0 Å². The van der Waals surface area contributed by atoms with Crippen molar-refractivity contribution in [2.24, 2.45) is 5.92 Å². The van der Waals surface area contributed by atoms with Crippen LogP contribution in [-0.2, 0) is 0 Å². The predicted molar refractivity (Wildman–Crippen MR) is 70.3 cm³/mol. The highest BCUT2D eigenvalue weighted by Gasteiger charge is 2.24. The Kier molecular flexibility index (Phi) is 4.57. The van der Waals surface area contributed by atoms with Crippen LogP contribution in [0.1, 0.15) is 50.2 Å². The summed E-state index contributed by atoms with van der Waals surface area (Å²) in [6.45, 7) is 0. The Morgan fingerprint density at radius 3 is 2.47 bits per heavy atom. The third-order valence-corrected chi connectivity index (χ3v) is 4.26. The molecule has 1 aromatic rings. The molecule has 0 radical (unpaired) electrons. The molecule has 0 spiro atoms. The summed E-state index contributed by atoms with van der Waals surface area (Å²) in [6, 6.07) is 5.14. The summed E-state index contributed by atoms with van der Waals surface area (Å²) in [5.41, 5.74) is 0.436. The van der Waals surface area contributed by atoms with Gasteiger partial charge < -0.3 is 5.11 Å². The molecule has 1 N–H and O–H groups in total. The van der Waals surface area contributed by atoms with Gasteiger partial charge >= 0.3 is 0 Å². The summed E-state index contributed by atoms with van der Waals surface area (Å²) in [6.07, 6.45) is 6.13. The molecular weight excluding hydrogens is 283 g/mol. The first kappa shape index (κ1) is 13.0. The Labute approximate surface area is 110 Å². The van der Waals surface area contributed by atoms with E-state index in [0.717, 1.165) is 25.7 Å². The molecule has 1 aromatic carbocycles. The van der Waals surface area contributed by atoms with Gasteiger partial charge in [-0.3, -0.25) is 0 Å². The summed E-state index contributed by atoms with van der Waals surface area (Å²) in [5.74, 6) is -0.106.